The van der Waals surface area contributed by atoms with Crippen LogP contribution in [0, 0.1) is 5.89 Å². The van der Waals surface area contributed by atoms with Gasteiger partial charge in [-0.25, -0.2) is 14.1 Å². The van der Waals surface area contributed by atoms with Crippen LogP contribution in [0.2, 0.25) is 0 Å². The van der Waals surface area contributed by atoms with Crippen molar-refractivity contribution in [3.63, 3.8) is 0 Å². The second-order valence-electron chi connectivity index (χ2n) is 5.42. The average molecular weight is 443 g/mol. The Kier molecular flexibility index (Phi) is 3.40. The number of amides is 1. The number of Topliss-reactive ketones (excluding diaryl/α,β-unsaturated/α-hetero) is 1. The van der Waals surface area contributed by atoms with Crippen molar-refractivity contribution in [1.29, 1.82) is 0 Å². The maximum atomic E-state index is 13.1. The molecular weight excluding hydrogens is 416 g/mol. The molecule has 2 heterocycles. The molecule has 0 bridgehead atoms. The Hall–Kier alpha value is -2.58. The van der Waals surface area contributed by atoms with E-state index >= 15 is 0 Å². The van der Waals surface area contributed by atoms with E-state index in [1.54, 1.807) is 0 Å². The first kappa shape index (κ1) is 12.8. The van der Waals surface area contributed by atoms with E-state index in [2.05, 4.69) is 15.0 Å². The van der Waals surface area contributed by atoms with E-state index in [4.69, 9.17) is 16.7 Å². The number of ketones is 1. The Balaban J connectivity index is 2.60. The lowest BCUT2D eigenvalue weighted by Crippen LogP contribution is -2.62. The first-order valence-electron chi connectivity index (χ1n) is 11.0. The minimum absolute atomic E-state index is 0.169. The molecule has 2 rings (SSSR count). The highest BCUT2D eigenvalue weighted by Gasteiger charge is 2.51. The fourth-order valence-electron chi connectivity index (χ4n) is 1.83. The van der Waals surface area contributed by atoms with Gasteiger partial charge in [0.1, 0.15) is 5.69 Å². The highest BCUT2D eigenvalue weighted by Crippen LogP contribution is 2.32. The number of nitrogens with two attached hydrogens (primary N) is 1. The molecule has 1 aromatic heterocycles. The summed E-state index contributed by atoms with van der Waals surface area (Å²) in [5.74, 6) is -8.76. The van der Waals surface area contributed by atoms with Crippen LogP contribution in [0.4, 0.5) is 5.13 Å². The van der Waals surface area contributed by atoms with Crippen molar-refractivity contribution in [2.75, 3.05) is 5.73 Å². The molecule has 1 aliphatic heterocycles. The van der Waals surface area contributed by atoms with Crippen LogP contribution in [0.3, 0.4) is 0 Å². The van der Waals surface area contributed by atoms with E-state index < -0.39 is 81.3 Å². The first-order valence-corrected chi connectivity index (χ1v) is 9.29. The average Bonchev–Trinajstić information content (AvgIpc) is 3.10. The molecule has 28 heavy (non-hydrogen) atoms. The number of aliphatic carboxylic acids is 1. The van der Waals surface area contributed by atoms with Crippen molar-refractivity contribution in [3.05, 3.63) is 11.1 Å². The lowest BCUT2D eigenvalue weighted by atomic mass is 9.86. The molecule has 0 aromatic carbocycles. The molecular formula is C14H18N4O8S2. The summed E-state index contributed by atoms with van der Waals surface area (Å²) in [5.41, 5.74) is 1.03. The van der Waals surface area contributed by atoms with Crippen LogP contribution in [0.25, 0.3) is 0 Å². The Bertz CT molecular complexity index is 1250. The minimum Gasteiger partial charge on any atom is -0.478 e. The van der Waals surface area contributed by atoms with Crippen molar-refractivity contribution >= 4 is 50.1 Å². The molecule has 3 atom stereocenters. The zero-order valence-electron chi connectivity index (χ0n) is 21.9. The number of aromatic nitrogens is 1. The van der Waals surface area contributed by atoms with Crippen molar-refractivity contribution in [1.82, 2.24) is 9.29 Å². The third-order valence-corrected chi connectivity index (χ3v) is 4.74. The zero-order chi connectivity index (χ0) is 28.3. The summed E-state index contributed by atoms with van der Waals surface area (Å²) in [4.78, 5) is 45.4. The van der Waals surface area contributed by atoms with E-state index in [1.807, 2.05) is 0 Å². The van der Waals surface area contributed by atoms with Gasteiger partial charge in [0.05, 0.1) is 13.3 Å². The lowest BCUT2D eigenvalue weighted by molar-refractivity contribution is -0.161. The fraction of sp³-hybridized carbons (Fsp3) is 0.500. The summed E-state index contributed by atoms with van der Waals surface area (Å²) in [6.07, 6.45) is -1.54. The highest BCUT2D eigenvalue weighted by atomic mass is 32.2. The summed E-state index contributed by atoms with van der Waals surface area (Å²) in [6.45, 7) is -6.45. The van der Waals surface area contributed by atoms with Gasteiger partial charge >= 0.3 is 16.3 Å². The molecule has 14 heteroatoms. The number of anilines is 1. The number of carbonyl (C=O) groups is 3. The van der Waals surface area contributed by atoms with Gasteiger partial charge in [0, 0.05) is 21.4 Å². The molecule has 0 saturated carbocycles. The number of nitrogens with zero attached hydrogens (tertiary/aromatic N) is 3. The summed E-state index contributed by atoms with van der Waals surface area (Å²) in [6, 6.07) is -3.67. The number of rotatable bonds is 8. The molecule has 4 N–H and O–H groups in total. The molecule has 1 aromatic rings. The van der Waals surface area contributed by atoms with Gasteiger partial charge in [0.2, 0.25) is 11.5 Å². The molecule has 1 saturated heterocycles. The van der Waals surface area contributed by atoms with Crippen LogP contribution in [0.1, 0.15) is 43.7 Å². The molecule has 0 radical (unpaired) electrons. The summed E-state index contributed by atoms with van der Waals surface area (Å²) in [5, 5.41) is 13.5. The van der Waals surface area contributed by atoms with Crippen LogP contribution in [-0.2, 0) is 29.5 Å². The molecule has 0 aliphatic carbocycles. The largest absolute Gasteiger partial charge is 0.478 e. The number of β-lactam (4-membered cyclic amide) rings is 1. The van der Waals surface area contributed by atoms with Gasteiger partial charge in [-0.2, -0.15) is 8.42 Å². The van der Waals surface area contributed by atoms with Gasteiger partial charge < -0.3 is 15.7 Å². The molecule has 1 amide bonds. The predicted octanol–water partition coefficient (Wildman–Crippen LogP) is -0.0819. The monoisotopic (exact) mass is 442 g/mol. The number of nitrogen functional groups attached to an aromatic ring is 1. The van der Waals surface area contributed by atoms with Gasteiger partial charge in [-0.1, -0.05) is 5.16 Å². The third kappa shape index (κ3) is 4.28. The fourth-order valence-corrected chi connectivity index (χ4v) is 3.04. The zero-order valence-corrected chi connectivity index (χ0v) is 15.5. The van der Waals surface area contributed by atoms with Crippen LogP contribution in [0.15, 0.2) is 10.5 Å². The summed E-state index contributed by atoms with van der Waals surface area (Å²) >= 11 is 0.731. The Labute approximate surface area is 175 Å². The second kappa shape index (κ2) is 7.44. The Morgan fingerprint density at radius 2 is 2.29 bits per heavy atom. The SMILES string of the molecule is [2H]C([2H])([2H])[C@@](C)(O/N=C(\C(=O)C[C@]1([2H])C(=O)N(S(=O)(=O)O)[C@@]1([2H])C([2H])([2H])[2H])c1csc(N)n1)C(=O)O. The summed E-state index contributed by atoms with van der Waals surface area (Å²) < 4.78 is 92.4. The minimum atomic E-state index is -5.64. The van der Waals surface area contributed by atoms with E-state index in [1.165, 1.54) is 0 Å². The molecule has 0 unspecified atom stereocenters. The number of oxime groups is 1. The van der Waals surface area contributed by atoms with Crippen molar-refractivity contribution in [2.45, 2.75) is 38.7 Å². The van der Waals surface area contributed by atoms with Crippen LogP contribution < -0.4 is 5.73 Å². The van der Waals surface area contributed by atoms with Crippen molar-refractivity contribution in [2.24, 2.45) is 11.0 Å². The normalized spacial score (nSPS) is 32.7. The lowest BCUT2D eigenvalue weighted by Gasteiger charge is -2.41. The van der Waals surface area contributed by atoms with Crippen LogP contribution in [-0.4, -0.2) is 62.4 Å². The number of carboxylic acids is 1. The van der Waals surface area contributed by atoms with E-state index in [-0.39, 0.29) is 5.13 Å². The van der Waals surface area contributed by atoms with Crippen molar-refractivity contribution in [3.8, 4) is 0 Å². The molecule has 154 valence electrons. The summed E-state index contributed by atoms with van der Waals surface area (Å²) in [7, 11) is -5.64. The van der Waals surface area contributed by atoms with Gasteiger partial charge in [0.15, 0.2) is 16.6 Å². The van der Waals surface area contributed by atoms with Gasteiger partial charge in [-0.05, 0) is 20.6 Å². The standard InChI is InChI=1S/C14H18N4O8S2/c1-6-7(11(20)18(6)28(23,24)25)4-9(19)10(8-5-27-13(15)16-8)17-26-14(2,3)12(21)22/h5-7H,4H2,1-3H3,(H2,15,16)(H,21,22)(H,23,24,25)/b17-10-/t6-,7-/m0/s1/i1D3,2D3,6D,7D/t6-,7-,14-. The molecule has 1 fully saturated rings. The predicted molar refractivity (Wildman–Crippen MR) is 96.8 cm³/mol. The first-order chi connectivity index (χ1) is 15.9. The topological polar surface area (TPSA) is 190 Å². The number of hydrogen-bond donors (Lipinski definition) is 3. The molecule has 0 spiro atoms. The second-order valence-corrected chi connectivity index (χ2v) is 7.57. The van der Waals surface area contributed by atoms with E-state index in [0.717, 1.165) is 16.7 Å². The van der Waals surface area contributed by atoms with Crippen molar-refractivity contribution < 1.29 is 48.3 Å². The Morgan fingerprint density at radius 1 is 1.61 bits per heavy atom. The van der Waals surface area contributed by atoms with Gasteiger partial charge in [0.25, 0.3) is 0 Å². The highest BCUT2D eigenvalue weighted by molar-refractivity contribution is 7.84. The molecule has 12 nitrogen and oxygen atoms in total. The smallest absolute Gasteiger partial charge is 0.362 e. The number of thiazole rings is 1. The van der Waals surface area contributed by atoms with Gasteiger partial charge in [-0.3, -0.25) is 14.1 Å². The maximum absolute atomic E-state index is 13.1. The maximum Gasteiger partial charge on any atom is 0.362 e. The van der Waals surface area contributed by atoms with E-state index in [0.29, 0.717) is 6.92 Å². The van der Waals surface area contributed by atoms with Gasteiger partial charge in [-0.15, -0.1) is 11.3 Å². The van der Waals surface area contributed by atoms with E-state index in [9.17, 15) is 32.5 Å². The third-order valence-electron chi connectivity index (χ3n) is 3.26. The molecule has 1 aliphatic rings. The number of carbonyl (C=O) groups excluding carboxylic acids is 2. The Morgan fingerprint density at radius 3 is 2.75 bits per heavy atom. The number of hydrogen-bond acceptors (Lipinski definition) is 10. The van der Waals surface area contributed by atoms with Crippen LogP contribution in [0.5, 0.6) is 0 Å². The quantitative estimate of drug-likeness (QED) is 0.212. The number of carboxylic acid groups (broad SMARTS) is 1. The van der Waals surface area contributed by atoms with Crippen LogP contribution >= 0.6 is 11.3 Å².